The van der Waals surface area contributed by atoms with E-state index in [0.29, 0.717) is 25.7 Å². The molecule has 2 aliphatic heterocycles. The van der Waals surface area contributed by atoms with E-state index in [1.54, 1.807) is 6.08 Å². The Labute approximate surface area is 187 Å². The highest BCUT2D eigenvalue weighted by molar-refractivity contribution is 5.91. The minimum Gasteiger partial charge on any atom is -0.444 e. The van der Waals surface area contributed by atoms with Gasteiger partial charge in [-0.25, -0.2) is 4.79 Å². The Morgan fingerprint density at radius 2 is 1.58 bits per heavy atom. The van der Waals surface area contributed by atoms with Crippen LogP contribution < -0.4 is 10.6 Å². The number of ether oxygens (including phenoxy) is 1. The first-order valence-corrected chi connectivity index (χ1v) is 11.4. The second-order valence-electron chi connectivity index (χ2n) is 11.1. The highest BCUT2D eigenvalue weighted by Gasteiger charge is 2.54. The fourth-order valence-electron chi connectivity index (χ4n) is 5.01. The Morgan fingerprint density at radius 3 is 2.00 bits per heavy atom. The zero-order valence-corrected chi connectivity index (χ0v) is 20.3. The third-order valence-electron chi connectivity index (χ3n) is 6.07. The van der Waals surface area contributed by atoms with Gasteiger partial charge in [-0.3, -0.25) is 9.59 Å². The van der Waals surface area contributed by atoms with E-state index in [2.05, 4.69) is 17.2 Å². The zero-order chi connectivity index (χ0) is 23.6. The summed E-state index contributed by atoms with van der Waals surface area (Å²) < 4.78 is 5.65. The number of amides is 3. The summed E-state index contributed by atoms with van der Waals surface area (Å²) in [5.74, 6) is -0.461. The molecule has 0 aromatic heterocycles. The Kier molecular flexibility index (Phi) is 7.49. The van der Waals surface area contributed by atoms with Crippen molar-refractivity contribution in [1.29, 1.82) is 0 Å². The number of nitrogens with one attached hydrogen (secondary N) is 2. The lowest BCUT2D eigenvalue weighted by atomic mass is 9.71. The first-order chi connectivity index (χ1) is 14.2. The molecule has 176 valence electrons. The number of piperidine rings is 1. The van der Waals surface area contributed by atoms with Gasteiger partial charge in [0.2, 0.25) is 11.8 Å². The number of fused-ring (bicyclic) bond motifs is 2. The molecule has 2 bridgehead atoms. The van der Waals surface area contributed by atoms with E-state index in [1.165, 1.54) is 6.92 Å². The summed E-state index contributed by atoms with van der Waals surface area (Å²) in [6.07, 6.45) is 5.68. The molecule has 0 radical (unpaired) electrons. The molecular weight excluding hydrogens is 394 g/mol. The normalized spacial score (nSPS) is 25.4. The van der Waals surface area contributed by atoms with Crippen LogP contribution in [-0.4, -0.2) is 51.6 Å². The summed E-state index contributed by atoms with van der Waals surface area (Å²) in [5, 5.41) is 6.13. The van der Waals surface area contributed by atoms with Gasteiger partial charge in [0.1, 0.15) is 11.1 Å². The molecule has 7 nitrogen and oxygen atoms in total. The maximum absolute atomic E-state index is 13.6. The van der Waals surface area contributed by atoms with E-state index in [4.69, 9.17) is 4.74 Å². The topological polar surface area (TPSA) is 87.7 Å². The van der Waals surface area contributed by atoms with Crippen molar-refractivity contribution in [3.05, 3.63) is 12.7 Å². The fraction of sp³-hybridized carbons (Fsp3) is 0.792. The van der Waals surface area contributed by atoms with Crippen LogP contribution in [0.15, 0.2) is 12.7 Å². The molecule has 2 N–H and O–H groups in total. The van der Waals surface area contributed by atoms with Crippen LogP contribution >= 0.6 is 0 Å². The van der Waals surface area contributed by atoms with Crippen LogP contribution in [0.25, 0.3) is 0 Å². The minimum atomic E-state index is -1.03. The zero-order valence-electron chi connectivity index (χ0n) is 20.3. The molecule has 4 atom stereocenters. The van der Waals surface area contributed by atoms with Gasteiger partial charge in [0, 0.05) is 24.5 Å². The molecule has 31 heavy (non-hydrogen) atoms. The lowest BCUT2D eigenvalue weighted by Gasteiger charge is -2.48. The smallest absolute Gasteiger partial charge is 0.410 e. The summed E-state index contributed by atoms with van der Waals surface area (Å²) in [4.78, 5) is 40.5. The maximum atomic E-state index is 13.6. The van der Waals surface area contributed by atoms with E-state index in [1.807, 2.05) is 46.4 Å². The standard InChI is InChI=1S/C24H41N3O4/c1-9-10-13-24(25-16(2)28,20(29)26-22(3,4)5)17-14-18-11-12-19(15-17)27(18)21(30)31-23(6,7)8/h9,17-19H,1,10-15H2,2-8H3,(H,25,28)(H,26,29)/t17?,18-,19+,24?. The lowest BCUT2D eigenvalue weighted by Crippen LogP contribution is -2.67. The molecule has 7 heteroatoms. The van der Waals surface area contributed by atoms with E-state index < -0.39 is 16.7 Å². The van der Waals surface area contributed by atoms with E-state index in [-0.39, 0.29) is 35.9 Å². The lowest BCUT2D eigenvalue weighted by molar-refractivity contribution is -0.138. The van der Waals surface area contributed by atoms with Crippen LogP contribution in [0.2, 0.25) is 0 Å². The molecule has 2 aliphatic rings. The van der Waals surface area contributed by atoms with Crippen molar-refractivity contribution in [2.45, 2.75) is 116 Å². The predicted molar refractivity (Wildman–Crippen MR) is 121 cm³/mol. The van der Waals surface area contributed by atoms with Crippen LogP contribution in [0.5, 0.6) is 0 Å². The average molecular weight is 436 g/mol. The van der Waals surface area contributed by atoms with Crippen molar-refractivity contribution in [1.82, 2.24) is 15.5 Å². The molecule has 2 fully saturated rings. The van der Waals surface area contributed by atoms with E-state index in [9.17, 15) is 14.4 Å². The molecule has 3 amide bonds. The molecule has 2 saturated heterocycles. The number of carbonyl (C=O) groups is 3. The Bertz CT molecular complexity index is 693. The highest BCUT2D eigenvalue weighted by Crippen LogP contribution is 2.45. The van der Waals surface area contributed by atoms with Crippen molar-refractivity contribution in [2.75, 3.05) is 0 Å². The van der Waals surface area contributed by atoms with Gasteiger partial charge in [0.15, 0.2) is 0 Å². The molecule has 0 spiro atoms. The van der Waals surface area contributed by atoms with Crippen LogP contribution in [0.3, 0.4) is 0 Å². The minimum absolute atomic E-state index is 0.0119. The van der Waals surface area contributed by atoms with Crippen LogP contribution in [0, 0.1) is 5.92 Å². The third-order valence-corrected chi connectivity index (χ3v) is 6.07. The third kappa shape index (κ3) is 6.23. The van der Waals surface area contributed by atoms with Gasteiger partial charge < -0.3 is 20.3 Å². The average Bonchev–Trinajstić information content (AvgIpc) is 2.85. The molecule has 0 aliphatic carbocycles. The first-order valence-electron chi connectivity index (χ1n) is 11.4. The molecule has 2 heterocycles. The summed E-state index contributed by atoms with van der Waals surface area (Å²) in [6, 6.07) is 0.0239. The van der Waals surface area contributed by atoms with Crippen molar-refractivity contribution in [3.63, 3.8) is 0 Å². The highest BCUT2D eigenvalue weighted by atomic mass is 16.6. The number of allylic oxidation sites excluding steroid dienone is 1. The monoisotopic (exact) mass is 435 g/mol. The second-order valence-corrected chi connectivity index (χ2v) is 11.1. The molecule has 2 unspecified atom stereocenters. The van der Waals surface area contributed by atoms with Gasteiger partial charge in [-0.1, -0.05) is 6.08 Å². The number of carbonyl (C=O) groups excluding carboxylic acids is 3. The Hall–Kier alpha value is -2.05. The Morgan fingerprint density at radius 1 is 1.03 bits per heavy atom. The molecular formula is C24H41N3O4. The first kappa shape index (κ1) is 25.2. The van der Waals surface area contributed by atoms with Gasteiger partial charge >= 0.3 is 6.09 Å². The van der Waals surface area contributed by atoms with Crippen molar-refractivity contribution in [3.8, 4) is 0 Å². The molecule has 0 saturated carbocycles. The molecule has 0 aromatic carbocycles. The second kappa shape index (κ2) is 9.21. The van der Waals surface area contributed by atoms with Crippen LogP contribution in [0.1, 0.15) is 87.0 Å². The quantitative estimate of drug-likeness (QED) is 0.619. The van der Waals surface area contributed by atoms with Gasteiger partial charge in [-0.05, 0) is 86.0 Å². The van der Waals surface area contributed by atoms with Crippen molar-refractivity contribution < 1.29 is 19.1 Å². The number of hydrogen-bond acceptors (Lipinski definition) is 4. The molecule has 2 rings (SSSR count). The molecule has 0 aromatic rings. The van der Waals surface area contributed by atoms with Crippen molar-refractivity contribution >= 4 is 17.9 Å². The number of nitrogens with zero attached hydrogens (tertiary/aromatic N) is 1. The van der Waals surface area contributed by atoms with Gasteiger partial charge in [-0.2, -0.15) is 0 Å². The predicted octanol–water partition coefficient (Wildman–Crippen LogP) is 3.92. The van der Waals surface area contributed by atoms with Gasteiger partial charge in [-0.15, -0.1) is 6.58 Å². The van der Waals surface area contributed by atoms with Crippen molar-refractivity contribution in [2.24, 2.45) is 5.92 Å². The summed E-state index contributed by atoms with van der Waals surface area (Å²) in [5.41, 5.74) is -2.01. The Balaban J connectivity index is 2.35. The fourth-order valence-corrected chi connectivity index (χ4v) is 5.01. The summed E-state index contributed by atoms with van der Waals surface area (Å²) in [7, 11) is 0. The maximum Gasteiger partial charge on any atom is 0.410 e. The SMILES string of the molecule is C=CCCC(NC(C)=O)(C(=O)NC(C)(C)C)C1C[C@H]2CC[C@@H](C1)N2C(=O)OC(C)(C)C. The van der Waals surface area contributed by atoms with Gasteiger partial charge in [0.05, 0.1) is 0 Å². The van der Waals surface area contributed by atoms with Gasteiger partial charge in [0.25, 0.3) is 0 Å². The van der Waals surface area contributed by atoms with E-state index in [0.717, 1.165) is 12.8 Å². The summed E-state index contributed by atoms with van der Waals surface area (Å²) >= 11 is 0. The number of hydrogen-bond donors (Lipinski definition) is 2. The largest absolute Gasteiger partial charge is 0.444 e. The number of rotatable bonds is 6. The van der Waals surface area contributed by atoms with Crippen LogP contribution in [0.4, 0.5) is 4.79 Å². The van der Waals surface area contributed by atoms with Crippen LogP contribution in [-0.2, 0) is 14.3 Å². The summed E-state index contributed by atoms with van der Waals surface area (Å²) in [6.45, 7) is 16.7. The van der Waals surface area contributed by atoms with E-state index >= 15 is 0 Å².